The first-order chi connectivity index (χ1) is 10.3. The van der Waals surface area contributed by atoms with Crippen LogP contribution in [-0.2, 0) is 10.0 Å². The maximum absolute atomic E-state index is 12.4. The molecule has 0 aromatic heterocycles. The molecule has 1 N–H and O–H groups in total. The van der Waals surface area contributed by atoms with Gasteiger partial charge in [0.05, 0.1) is 4.92 Å². The van der Waals surface area contributed by atoms with E-state index in [0.29, 0.717) is 0 Å². The molecule has 0 spiro atoms. The normalized spacial score (nSPS) is 12.8. The van der Waals surface area contributed by atoms with Gasteiger partial charge in [-0.15, -0.1) is 0 Å². The van der Waals surface area contributed by atoms with Crippen molar-refractivity contribution in [3.63, 3.8) is 0 Å². The van der Waals surface area contributed by atoms with Gasteiger partial charge in [0.15, 0.2) is 0 Å². The lowest BCUT2D eigenvalue weighted by molar-refractivity contribution is -0.385. The van der Waals surface area contributed by atoms with Crippen molar-refractivity contribution in [2.45, 2.75) is 17.9 Å². The average molecular weight is 385 g/mol. The molecule has 8 heteroatoms. The van der Waals surface area contributed by atoms with Gasteiger partial charge < -0.3 is 0 Å². The molecule has 0 fully saturated rings. The van der Waals surface area contributed by atoms with Crippen molar-refractivity contribution >= 4 is 31.6 Å². The van der Waals surface area contributed by atoms with Crippen LogP contribution in [0.2, 0.25) is 0 Å². The van der Waals surface area contributed by atoms with E-state index in [1.807, 2.05) is 18.2 Å². The summed E-state index contributed by atoms with van der Waals surface area (Å²) in [4.78, 5) is 10.0. The molecule has 0 radical (unpaired) electrons. The third-order valence-corrected chi connectivity index (χ3v) is 5.58. The van der Waals surface area contributed by atoms with E-state index in [0.717, 1.165) is 11.6 Å². The smallest absolute Gasteiger partial charge is 0.258 e. The minimum absolute atomic E-state index is 0.163. The first-order valence-electron chi connectivity index (χ1n) is 6.32. The second-order valence-corrected chi connectivity index (χ2v) is 7.16. The summed E-state index contributed by atoms with van der Waals surface area (Å²) in [6.45, 7) is 1.71. The molecule has 2 rings (SSSR count). The van der Waals surface area contributed by atoms with Crippen LogP contribution in [0, 0.1) is 10.1 Å². The Morgan fingerprint density at radius 2 is 1.82 bits per heavy atom. The third kappa shape index (κ3) is 3.70. The largest absolute Gasteiger partial charge is 0.270 e. The Morgan fingerprint density at radius 1 is 1.18 bits per heavy atom. The monoisotopic (exact) mass is 384 g/mol. The van der Waals surface area contributed by atoms with E-state index < -0.39 is 21.0 Å². The molecule has 0 saturated carbocycles. The van der Waals surface area contributed by atoms with Crippen LogP contribution in [0.4, 0.5) is 5.69 Å². The van der Waals surface area contributed by atoms with Gasteiger partial charge in [0.25, 0.3) is 5.69 Å². The Labute approximate surface area is 136 Å². The minimum atomic E-state index is -3.90. The standard InChI is InChI=1S/C14H13BrN2O4S/c1-10(11-5-3-2-4-6-11)16-22(20,21)14-9-12(17(18)19)7-8-13(14)15/h2-10,16H,1H3. The number of nitrogens with one attached hydrogen (secondary N) is 1. The SMILES string of the molecule is CC(NS(=O)(=O)c1cc([N+](=O)[O-])ccc1Br)c1ccccc1. The van der Waals surface area contributed by atoms with Gasteiger partial charge in [0.2, 0.25) is 10.0 Å². The fourth-order valence-electron chi connectivity index (χ4n) is 1.92. The van der Waals surface area contributed by atoms with E-state index in [1.165, 1.54) is 12.1 Å². The summed E-state index contributed by atoms with van der Waals surface area (Å²) in [7, 11) is -3.90. The highest BCUT2D eigenvalue weighted by atomic mass is 79.9. The number of rotatable bonds is 5. The number of hydrogen-bond donors (Lipinski definition) is 1. The molecular formula is C14H13BrN2O4S. The summed E-state index contributed by atoms with van der Waals surface area (Å²) in [6.07, 6.45) is 0. The summed E-state index contributed by atoms with van der Waals surface area (Å²) >= 11 is 3.12. The number of halogens is 1. The molecule has 0 aliphatic rings. The molecule has 2 aromatic carbocycles. The van der Waals surface area contributed by atoms with Crippen LogP contribution in [-0.4, -0.2) is 13.3 Å². The molecule has 0 heterocycles. The molecule has 0 aliphatic heterocycles. The average Bonchev–Trinajstić information content (AvgIpc) is 2.47. The van der Waals surface area contributed by atoms with Gasteiger partial charge in [-0.05, 0) is 34.5 Å². The van der Waals surface area contributed by atoms with Crippen molar-refractivity contribution < 1.29 is 13.3 Å². The van der Waals surface area contributed by atoms with Crippen molar-refractivity contribution in [1.29, 1.82) is 0 Å². The Balaban J connectivity index is 2.35. The van der Waals surface area contributed by atoms with Gasteiger partial charge in [-0.25, -0.2) is 13.1 Å². The first kappa shape index (κ1) is 16.6. The van der Waals surface area contributed by atoms with Gasteiger partial charge in [0, 0.05) is 22.6 Å². The second kappa shape index (κ2) is 6.55. The Morgan fingerprint density at radius 3 is 2.41 bits per heavy atom. The summed E-state index contributed by atoms with van der Waals surface area (Å²) < 4.78 is 27.7. The summed E-state index contributed by atoms with van der Waals surface area (Å²) in [5.41, 5.74) is 0.517. The lowest BCUT2D eigenvalue weighted by Crippen LogP contribution is -2.27. The predicted octanol–water partition coefficient (Wildman–Crippen LogP) is 3.40. The van der Waals surface area contributed by atoms with E-state index in [1.54, 1.807) is 19.1 Å². The molecular weight excluding hydrogens is 372 g/mol. The number of sulfonamides is 1. The molecule has 1 atom stereocenters. The van der Waals surface area contributed by atoms with Gasteiger partial charge in [-0.1, -0.05) is 30.3 Å². The fourth-order valence-corrected chi connectivity index (χ4v) is 4.13. The van der Waals surface area contributed by atoms with Crippen molar-refractivity contribution in [3.05, 3.63) is 68.7 Å². The maximum Gasteiger partial charge on any atom is 0.270 e. The van der Waals surface area contributed by atoms with Crippen molar-refractivity contribution in [3.8, 4) is 0 Å². The lowest BCUT2D eigenvalue weighted by atomic mass is 10.1. The van der Waals surface area contributed by atoms with Crippen LogP contribution < -0.4 is 4.72 Å². The van der Waals surface area contributed by atoms with E-state index in [-0.39, 0.29) is 15.1 Å². The van der Waals surface area contributed by atoms with Gasteiger partial charge in [0.1, 0.15) is 4.90 Å². The van der Waals surface area contributed by atoms with Crippen LogP contribution in [0.3, 0.4) is 0 Å². The molecule has 116 valence electrons. The number of nitro benzene ring substituents is 1. The van der Waals surface area contributed by atoms with Crippen molar-refractivity contribution in [2.75, 3.05) is 0 Å². The molecule has 2 aromatic rings. The quantitative estimate of drug-likeness (QED) is 0.631. The topological polar surface area (TPSA) is 89.3 Å². The molecule has 0 aliphatic carbocycles. The number of hydrogen-bond acceptors (Lipinski definition) is 4. The number of benzene rings is 2. The lowest BCUT2D eigenvalue weighted by Gasteiger charge is -2.15. The molecule has 1 unspecified atom stereocenters. The highest BCUT2D eigenvalue weighted by Gasteiger charge is 2.23. The summed E-state index contributed by atoms with van der Waals surface area (Å²) in [5.74, 6) is 0. The fraction of sp³-hybridized carbons (Fsp3) is 0.143. The van der Waals surface area contributed by atoms with Crippen LogP contribution in [0.15, 0.2) is 57.9 Å². The number of non-ortho nitro benzene ring substituents is 1. The molecule has 22 heavy (non-hydrogen) atoms. The van der Waals surface area contributed by atoms with Crippen LogP contribution in [0.5, 0.6) is 0 Å². The first-order valence-corrected chi connectivity index (χ1v) is 8.60. The van der Waals surface area contributed by atoms with Crippen molar-refractivity contribution in [2.24, 2.45) is 0 Å². The minimum Gasteiger partial charge on any atom is -0.258 e. The number of nitrogens with zero attached hydrogens (tertiary/aromatic N) is 1. The second-order valence-electron chi connectivity index (χ2n) is 4.63. The summed E-state index contributed by atoms with van der Waals surface area (Å²) in [5, 5.41) is 10.8. The van der Waals surface area contributed by atoms with Crippen molar-refractivity contribution in [1.82, 2.24) is 4.72 Å². The molecule has 0 amide bonds. The van der Waals surface area contributed by atoms with E-state index in [2.05, 4.69) is 20.7 Å². The molecule has 0 saturated heterocycles. The summed E-state index contributed by atoms with van der Waals surface area (Å²) in [6, 6.07) is 12.2. The van der Waals surface area contributed by atoms with Crippen LogP contribution in [0.1, 0.15) is 18.5 Å². The Hall–Kier alpha value is -1.77. The Kier molecular flexibility index (Phi) is 4.94. The van der Waals surface area contributed by atoms with E-state index in [9.17, 15) is 18.5 Å². The van der Waals surface area contributed by atoms with Gasteiger partial charge in [-0.3, -0.25) is 10.1 Å². The van der Waals surface area contributed by atoms with Gasteiger partial charge >= 0.3 is 0 Å². The van der Waals surface area contributed by atoms with Crippen LogP contribution in [0.25, 0.3) is 0 Å². The molecule has 6 nitrogen and oxygen atoms in total. The van der Waals surface area contributed by atoms with Crippen LogP contribution >= 0.6 is 15.9 Å². The predicted molar refractivity (Wildman–Crippen MR) is 86.0 cm³/mol. The highest BCUT2D eigenvalue weighted by Crippen LogP contribution is 2.27. The van der Waals surface area contributed by atoms with E-state index in [4.69, 9.17) is 0 Å². The number of nitro groups is 1. The zero-order valence-corrected chi connectivity index (χ0v) is 14.0. The maximum atomic E-state index is 12.4. The zero-order valence-electron chi connectivity index (χ0n) is 11.6. The third-order valence-electron chi connectivity index (χ3n) is 3.05. The highest BCUT2D eigenvalue weighted by molar-refractivity contribution is 9.10. The Bertz CT molecular complexity index is 794. The molecule has 0 bridgehead atoms. The van der Waals surface area contributed by atoms with E-state index >= 15 is 0 Å². The van der Waals surface area contributed by atoms with Gasteiger partial charge in [-0.2, -0.15) is 0 Å². The zero-order chi connectivity index (χ0) is 16.3.